The molecular weight excluding hydrogens is 324 g/mol. The molecule has 0 bridgehead atoms. The van der Waals surface area contributed by atoms with Crippen LogP contribution in [0.4, 0.5) is 0 Å². The van der Waals surface area contributed by atoms with Gasteiger partial charge in [0.15, 0.2) is 6.10 Å². The summed E-state index contributed by atoms with van der Waals surface area (Å²) < 4.78 is 6.05. The van der Waals surface area contributed by atoms with Gasteiger partial charge in [0.05, 0.1) is 0 Å². The summed E-state index contributed by atoms with van der Waals surface area (Å²) in [5.41, 5.74) is 2.31. The standard InChI is InChI=1S/C19H30N2O2.ClH/c1-13(2)17-7-6-14(3)12-18(17)23-15(4)19(22)21-10-8-16(20-5)9-11-21;/h6-7,12-13,15-16,20H,8-11H2,1-5H3;1H. The molecule has 136 valence electrons. The van der Waals surface area contributed by atoms with E-state index in [0.717, 1.165) is 42.8 Å². The van der Waals surface area contributed by atoms with E-state index in [9.17, 15) is 4.79 Å². The first-order valence-electron chi connectivity index (χ1n) is 8.65. The quantitative estimate of drug-likeness (QED) is 0.879. The van der Waals surface area contributed by atoms with E-state index in [2.05, 4.69) is 31.3 Å². The number of halogens is 1. The van der Waals surface area contributed by atoms with Crippen LogP contribution in [-0.4, -0.2) is 43.1 Å². The third kappa shape index (κ3) is 5.12. The highest BCUT2D eigenvalue weighted by Crippen LogP contribution is 2.28. The number of rotatable bonds is 5. The number of aryl methyl sites for hydroxylation is 1. The number of hydrogen-bond donors (Lipinski definition) is 1. The van der Waals surface area contributed by atoms with Crippen molar-refractivity contribution >= 4 is 18.3 Å². The van der Waals surface area contributed by atoms with Gasteiger partial charge in [-0.05, 0) is 56.8 Å². The fourth-order valence-electron chi connectivity index (χ4n) is 3.11. The van der Waals surface area contributed by atoms with E-state index in [0.29, 0.717) is 12.0 Å². The van der Waals surface area contributed by atoms with E-state index in [1.165, 1.54) is 0 Å². The van der Waals surface area contributed by atoms with Crippen molar-refractivity contribution < 1.29 is 9.53 Å². The van der Waals surface area contributed by atoms with Gasteiger partial charge in [0.2, 0.25) is 0 Å². The van der Waals surface area contributed by atoms with Crippen LogP contribution in [0.5, 0.6) is 5.75 Å². The number of piperidine rings is 1. The molecule has 1 aromatic rings. The van der Waals surface area contributed by atoms with Crippen molar-refractivity contribution in [2.75, 3.05) is 20.1 Å². The normalized spacial score (nSPS) is 16.7. The largest absolute Gasteiger partial charge is 0.481 e. The van der Waals surface area contributed by atoms with Crippen LogP contribution in [0.2, 0.25) is 0 Å². The number of ether oxygens (including phenoxy) is 1. The first-order valence-corrected chi connectivity index (χ1v) is 8.65. The van der Waals surface area contributed by atoms with Gasteiger partial charge in [-0.1, -0.05) is 26.0 Å². The number of carbonyl (C=O) groups excluding carboxylic acids is 1. The molecule has 1 unspecified atom stereocenters. The fraction of sp³-hybridized carbons (Fsp3) is 0.632. The molecule has 5 heteroatoms. The lowest BCUT2D eigenvalue weighted by Crippen LogP contribution is -2.48. The maximum atomic E-state index is 12.6. The summed E-state index contributed by atoms with van der Waals surface area (Å²) >= 11 is 0. The SMILES string of the molecule is CNC1CCN(C(=O)C(C)Oc2cc(C)ccc2C(C)C)CC1.Cl. The van der Waals surface area contributed by atoms with Crippen molar-refractivity contribution in [3.05, 3.63) is 29.3 Å². The minimum absolute atomic E-state index is 0. The van der Waals surface area contributed by atoms with Gasteiger partial charge in [0.25, 0.3) is 5.91 Å². The van der Waals surface area contributed by atoms with Crippen molar-refractivity contribution in [3.63, 3.8) is 0 Å². The molecular formula is C19H31ClN2O2. The Balaban J connectivity index is 0.00000288. The maximum absolute atomic E-state index is 12.6. The zero-order valence-electron chi connectivity index (χ0n) is 15.5. The van der Waals surface area contributed by atoms with Gasteiger partial charge in [0, 0.05) is 19.1 Å². The Kier molecular flexibility index (Phi) is 8.04. The number of likely N-dealkylation sites (tertiary alicyclic amines) is 1. The molecule has 0 aromatic heterocycles. The van der Waals surface area contributed by atoms with Crippen LogP contribution in [0.15, 0.2) is 18.2 Å². The zero-order valence-corrected chi connectivity index (χ0v) is 16.3. The predicted molar refractivity (Wildman–Crippen MR) is 101 cm³/mol. The molecule has 1 aliphatic rings. The van der Waals surface area contributed by atoms with Gasteiger partial charge in [-0.25, -0.2) is 0 Å². The lowest BCUT2D eigenvalue weighted by atomic mass is 10.0. The van der Waals surface area contributed by atoms with Crippen LogP contribution >= 0.6 is 12.4 Å². The molecule has 1 aromatic carbocycles. The fourth-order valence-corrected chi connectivity index (χ4v) is 3.11. The molecule has 1 fully saturated rings. The lowest BCUT2D eigenvalue weighted by Gasteiger charge is -2.33. The molecule has 1 saturated heterocycles. The van der Waals surface area contributed by atoms with Crippen molar-refractivity contribution in [3.8, 4) is 5.75 Å². The van der Waals surface area contributed by atoms with Crippen molar-refractivity contribution in [2.24, 2.45) is 0 Å². The Hall–Kier alpha value is -1.26. The van der Waals surface area contributed by atoms with Gasteiger partial charge in [-0.15, -0.1) is 12.4 Å². The van der Waals surface area contributed by atoms with Crippen LogP contribution in [0.3, 0.4) is 0 Å². The van der Waals surface area contributed by atoms with Crippen LogP contribution in [0.25, 0.3) is 0 Å². The van der Waals surface area contributed by atoms with E-state index in [4.69, 9.17) is 4.74 Å². The Labute approximate surface area is 152 Å². The van der Waals surface area contributed by atoms with E-state index >= 15 is 0 Å². The molecule has 1 atom stereocenters. The number of hydrogen-bond acceptors (Lipinski definition) is 3. The monoisotopic (exact) mass is 354 g/mol. The summed E-state index contributed by atoms with van der Waals surface area (Å²) in [6, 6.07) is 6.76. The molecule has 1 N–H and O–H groups in total. The third-order valence-corrected chi connectivity index (χ3v) is 4.66. The molecule has 24 heavy (non-hydrogen) atoms. The van der Waals surface area contributed by atoms with Gasteiger partial charge >= 0.3 is 0 Å². The zero-order chi connectivity index (χ0) is 17.0. The molecule has 0 saturated carbocycles. The van der Waals surface area contributed by atoms with Crippen molar-refractivity contribution in [2.45, 2.75) is 58.6 Å². The summed E-state index contributed by atoms with van der Waals surface area (Å²) in [6.07, 6.45) is 1.58. The van der Waals surface area contributed by atoms with E-state index in [1.54, 1.807) is 0 Å². The van der Waals surface area contributed by atoms with Crippen LogP contribution in [-0.2, 0) is 4.79 Å². The molecule has 1 aliphatic heterocycles. The summed E-state index contributed by atoms with van der Waals surface area (Å²) in [5.74, 6) is 1.31. The molecule has 2 rings (SSSR count). The van der Waals surface area contributed by atoms with Gasteiger partial charge in [0.1, 0.15) is 5.75 Å². The molecule has 1 heterocycles. The second-order valence-corrected chi connectivity index (χ2v) is 6.84. The highest BCUT2D eigenvalue weighted by Gasteiger charge is 2.27. The number of amides is 1. The minimum Gasteiger partial charge on any atom is -0.481 e. The van der Waals surface area contributed by atoms with Crippen LogP contribution < -0.4 is 10.1 Å². The van der Waals surface area contributed by atoms with E-state index < -0.39 is 6.10 Å². The third-order valence-electron chi connectivity index (χ3n) is 4.66. The minimum atomic E-state index is -0.444. The van der Waals surface area contributed by atoms with Gasteiger partial charge in [-0.2, -0.15) is 0 Å². The topological polar surface area (TPSA) is 41.6 Å². The highest BCUT2D eigenvalue weighted by atomic mass is 35.5. The Morgan fingerprint density at radius 3 is 2.42 bits per heavy atom. The number of nitrogens with zero attached hydrogens (tertiary/aromatic N) is 1. The molecule has 1 amide bonds. The van der Waals surface area contributed by atoms with Crippen molar-refractivity contribution in [1.29, 1.82) is 0 Å². The van der Waals surface area contributed by atoms with Crippen LogP contribution in [0, 0.1) is 6.92 Å². The van der Waals surface area contributed by atoms with Gasteiger partial charge in [-0.3, -0.25) is 4.79 Å². The first kappa shape index (κ1) is 20.8. The maximum Gasteiger partial charge on any atom is 0.263 e. The smallest absolute Gasteiger partial charge is 0.263 e. The number of benzene rings is 1. The molecule has 0 radical (unpaired) electrons. The van der Waals surface area contributed by atoms with Crippen molar-refractivity contribution in [1.82, 2.24) is 10.2 Å². The van der Waals surface area contributed by atoms with E-state index in [1.807, 2.05) is 31.9 Å². The van der Waals surface area contributed by atoms with Crippen LogP contribution in [0.1, 0.15) is 50.7 Å². The second kappa shape index (κ2) is 9.28. The average molecular weight is 355 g/mol. The second-order valence-electron chi connectivity index (χ2n) is 6.84. The molecule has 4 nitrogen and oxygen atoms in total. The van der Waals surface area contributed by atoms with Gasteiger partial charge < -0.3 is 15.0 Å². The van der Waals surface area contributed by atoms with E-state index in [-0.39, 0.29) is 18.3 Å². The summed E-state index contributed by atoms with van der Waals surface area (Å²) in [7, 11) is 1.99. The Morgan fingerprint density at radius 1 is 1.25 bits per heavy atom. The number of nitrogens with one attached hydrogen (secondary N) is 1. The number of carbonyl (C=O) groups is 1. The Morgan fingerprint density at radius 2 is 1.88 bits per heavy atom. The Bertz CT molecular complexity index is 540. The summed E-state index contributed by atoms with van der Waals surface area (Å²) in [4.78, 5) is 14.6. The molecule has 0 spiro atoms. The predicted octanol–water partition coefficient (Wildman–Crippen LogP) is 3.52. The highest BCUT2D eigenvalue weighted by molar-refractivity contribution is 5.85. The lowest BCUT2D eigenvalue weighted by molar-refractivity contribution is -0.139. The average Bonchev–Trinajstić information content (AvgIpc) is 2.54. The summed E-state index contributed by atoms with van der Waals surface area (Å²) in [6.45, 7) is 9.82. The molecule has 0 aliphatic carbocycles. The summed E-state index contributed by atoms with van der Waals surface area (Å²) in [5, 5.41) is 3.29. The first-order chi connectivity index (χ1) is 10.9.